The highest BCUT2D eigenvalue weighted by Crippen LogP contribution is 2.23. The molecule has 0 aliphatic carbocycles. The van der Waals surface area contributed by atoms with E-state index in [-0.39, 0.29) is 24.4 Å². The van der Waals surface area contributed by atoms with Gasteiger partial charge in [-0.25, -0.2) is 12.7 Å². The molecule has 134 valence electrons. The molecule has 1 aromatic rings. The minimum atomic E-state index is -3.24. The predicted octanol–water partition coefficient (Wildman–Crippen LogP) is 2.54. The van der Waals surface area contributed by atoms with Crippen LogP contribution in [0.2, 0.25) is 0 Å². The predicted molar refractivity (Wildman–Crippen MR) is 96.2 cm³/mol. The maximum Gasteiger partial charge on any atom is 0.224 e. The second-order valence-electron chi connectivity index (χ2n) is 6.77. The van der Waals surface area contributed by atoms with Gasteiger partial charge in [-0.3, -0.25) is 4.79 Å². The normalized spacial score (nSPS) is 20.6. The van der Waals surface area contributed by atoms with Crippen molar-refractivity contribution in [2.75, 3.05) is 19.3 Å². The smallest absolute Gasteiger partial charge is 0.224 e. The number of aryl methyl sites for hydroxylation is 2. The third-order valence-electron chi connectivity index (χ3n) is 4.88. The highest BCUT2D eigenvalue weighted by atomic mass is 32.2. The molecule has 0 bridgehead atoms. The first-order chi connectivity index (χ1) is 11.2. The summed E-state index contributed by atoms with van der Waals surface area (Å²) in [5.41, 5.74) is 3.54. The molecule has 0 saturated carbocycles. The van der Waals surface area contributed by atoms with Crippen LogP contribution < -0.4 is 5.32 Å². The summed E-state index contributed by atoms with van der Waals surface area (Å²) < 4.78 is 24.9. The summed E-state index contributed by atoms with van der Waals surface area (Å²) >= 11 is 0. The van der Waals surface area contributed by atoms with E-state index in [9.17, 15) is 13.2 Å². The van der Waals surface area contributed by atoms with Crippen LogP contribution >= 0.6 is 0 Å². The minimum Gasteiger partial charge on any atom is -0.349 e. The van der Waals surface area contributed by atoms with Crippen LogP contribution in [-0.4, -0.2) is 38.0 Å². The number of carbonyl (C=O) groups excluding carboxylic acids is 1. The van der Waals surface area contributed by atoms with Crippen LogP contribution in [0.3, 0.4) is 0 Å². The van der Waals surface area contributed by atoms with Crippen molar-refractivity contribution in [3.05, 3.63) is 34.9 Å². The van der Waals surface area contributed by atoms with Gasteiger partial charge in [-0.15, -0.1) is 0 Å². The maximum absolute atomic E-state index is 12.6. The second-order valence-corrected chi connectivity index (χ2v) is 8.76. The molecule has 2 rings (SSSR count). The van der Waals surface area contributed by atoms with Gasteiger partial charge in [0.15, 0.2) is 0 Å². The Labute approximate surface area is 145 Å². The van der Waals surface area contributed by atoms with E-state index < -0.39 is 10.0 Å². The summed E-state index contributed by atoms with van der Waals surface area (Å²) in [5, 5.41) is 3.11. The molecular formula is C18H28N2O3S. The first-order valence-electron chi connectivity index (χ1n) is 8.55. The SMILES string of the molecule is CCC(NC(=O)C1CCCN(S(C)(=O)=O)C1)c1ccc(C)c(C)c1. The van der Waals surface area contributed by atoms with E-state index in [1.54, 1.807) is 0 Å². The van der Waals surface area contributed by atoms with Gasteiger partial charge in [-0.2, -0.15) is 0 Å². The molecule has 1 aliphatic rings. The van der Waals surface area contributed by atoms with E-state index in [1.165, 1.54) is 21.7 Å². The zero-order valence-corrected chi connectivity index (χ0v) is 15.8. The van der Waals surface area contributed by atoms with Crippen molar-refractivity contribution in [3.8, 4) is 0 Å². The molecule has 1 aromatic carbocycles. The molecule has 1 saturated heterocycles. The Morgan fingerprint density at radius 3 is 2.62 bits per heavy atom. The standard InChI is InChI=1S/C18H28N2O3S/c1-5-17(15-9-8-13(2)14(3)11-15)19-18(21)16-7-6-10-20(12-16)24(4,22)23/h8-9,11,16-17H,5-7,10,12H2,1-4H3,(H,19,21). The third-order valence-corrected chi connectivity index (χ3v) is 6.15. The highest BCUT2D eigenvalue weighted by Gasteiger charge is 2.31. The maximum atomic E-state index is 12.6. The van der Waals surface area contributed by atoms with Crippen LogP contribution in [0, 0.1) is 19.8 Å². The fourth-order valence-electron chi connectivity index (χ4n) is 3.15. The van der Waals surface area contributed by atoms with Crippen LogP contribution in [-0.2, 0) is 14.8 Å². The average molecular weight is 353 g/mol. The molecule has 1 N–H and O–H groups in total. The number of sulfonamides is 1. The lowest BCUT2D eigenvalue weighted by Crippen LogP contribution is -2.45. The summed E-state index contributed by atoms with van der Waals surface area (Å²) in [5.74, 6) is -0.317. The molecule has 0 radical (unpaired) electrons. The van der Waals surface area contributed by atoms with Gasteiger partial charge in [0.25, 0.3) is 0 Å². The van der Waals surface area contributed by atoms with Gasteiger partial charge < -0.3 is 5.32 Å². The molecule has 0 aromatic heterocycles. The number of amides is 1. The Balaban J connectivity index is 2.07. The molecule has 2 atom stereocenters. The minimum absolute atomic E-state index is 0.0367. The number of hydrogen-bond acceptors (Lipinski definition) is 3. The van der Waals surface area contributed by atoms with Crippen LogP contribution in [0.5, 0.6) is 0 Å². The summed E-state index contributed by atoms with van der Waals surface area (Å²) in [6, 6.07) is 6.21. The Kier molecular flexibility index (Phi) is 6.04. The lowest BCUT2D eigenvalue weighted by Gasteiger charge is -2.31. The summed E-state index contributed by atoms with van der Waals surface area (Å²) in [6.07, 6.45) is 3.47. The molecule has 1 amide bonds. The molecule has 0 spiro atoms. The summed E-state index contributed by atoms with van der Waals surface area (Å²) in [7, 11) is -3.24. The summed E-state index contributed by atoms with van der Waals surface area (Å²) in [6.45, 7) is 6.98. The lowest BCUT2D eigenvalue weighted by molar-refractivity contribution is -0.126. The van der Waals surface area contributed by atoms with Crippen molar-refractivity contribution in [2.24, 2.45) is 5.92 Å². The van der Waals surface area contributed by atoms with Crippen LogP contribution in [0.1, 0.15) is 48.9 Å². The first kappa shape index (κ1) is 18.9. The van der Waals surface area contributed by atoms with E-state index in [1.807, 2.05) is 6.92 Å². The van der Waals surface area contributed by atoms with E-state index in [4.69, 9.17) is 0 Å². The van der Waals surface area contributed by atoms with E-state index in [0.29, 0.717) is 6.54 Å². The largest absolute Gasteiger partial charge is 0.349 e. The van der Waals surface area contributed by atoms with Crippen LogP contribution in [0.4, 0.5) is 0 Å². The molecule has 1 aliphatic heterocycles. The van der Waals surface area contributed by atoms with Crippen molar-refractivity contribution < 1.29 is 13.2 Å². The topological polar surface area (TPSA) is 66.5 Å². The molecule has 5 nitrogen and oxygen atoms in total. The van der Waals surface area contributed by atoms with Crippen LogP contribution in [0.25, 0.3) is 0 Å². The molecule has 6 heteroatoms. The van der Waals surface area contributed by atoms with Crippen molar-refractivity contribution in [1.29, 1.82) is 0 Å². The molecule has 24 heavy (non-hydrogen) atoms. The Morgan fingerprint density at radius 2 is 2.04 bits per heavy atom. The fraction of sp³-hybridized carbons (Fsp3) is 0.611. The van der Waals surface area contributed by atoms with Crippen molar-refractivity contribution in [3.63, 3.8) is 0 Å². The van der Waals surface area contributed by atoms with E-state index in [0.717, 1.165) is 24.8 Å². The molecular weight excluding hydrogens is 324 g/mol. The van der Waals surface area contributed by atoms with Gasteiger partial charge in [0, 0.05) is 13.1 Å². The van der Waals surface area contributed by atoms with Gasteiger partial charge in [0.05, 0.1) is 18.2 Å². The zero-order valence-electron chi connectivity index (χ0n) is 15.0. The van der Waals surface area contributed by atoms with Gasteiger partial charge >= 0.3 is 0 Å². The number of piperidine rings is 1. The zero-order chi connectivity index (χ0) is 17.9. The Bertz CT molecular complexity index is 700. The van der Waals surface area contributed by atoms with Crippen molar-refractivity contribution in [2.45, 2.75) is 46.1 Å². The fourth-order valence-corrected chi connectivity index (χ4v) is 4.06. The lowest BCUT2D eigenvalue weighted by atomic mass is 9.96. The Morgan fingerprint density at radius 1 is 1.33 bits per heavy atom. The average Bonchev–Trinajstić information content (AvgIpc) is 2.54. The number of nitrogens with zero attached hydrogens (tertiary/aromatic N) is 1. The number of benzene rings is 1. The van der Waals surface area contributed by atoms with Gasteiger partial charge in [-0.05, 0) is 49.8 Å². The molecule has 1 heterocycles. The van der Waals surface area contributed by atoms with Gasteiger partial charge in [0.2, 0.25) is 15.9 Å². The molecule has 1 fully saturated rings. The second kappa shape index (κ2) is 7.66. The van der Waals surface area contributed by atoms with E-state index >= 15 is 0 Å². The van der Waals surface area contributed by atoms with Gasteiger partial charge in [0.1, 0.15) is 0 Å². The number of carbonyl (C=O) groups is 1. The quantitative estimate of drug-likeness (QED) is 0.885. The number of rotatable bonds is 5. The first-order valence-corrected chi connectivity index (χ1v) is 10.4. The van der Waals surface area contributed by atoms with Crippen molar-refractivity contribution in [1.82, 2.24) is 9.62 Å². The summed E-state index contributed by atoms with van der Waals surface area (Å²) in [4.78, 5) is 12.6. The highest BCUT2D eigenvalue weighted by molar-refractivity contribution is 7.88. The number of hydrogen-bond donors (Lipinski definition) is 1. The van der Waals surface area contributed by atoms with Crippen molar-refractivity contribution >= 4 is 15.9 Å². The van der Waals surface area contributed by atoms with Gasteiger partial charge in [-0.1, -0.05) is 25.1 Å². The monoisotopic (exact) mass is 352 g/mol. The number of nitrogens with one attached hydrogen (secondary N) is 1. The van der Waals surface area contributed by atoms with Crippen LogP contribution in [0.15, 0.2) is 18.2 Å². The Hall–Kier alpha value is -1.40. The molecule has 2 unspecified atom stereocenters. The van der Waals surface area contributed by atoms with E-state index in [2.05, 4.69) is 37.4 Å². The third kappa shape index (κ3) is 4.57.